The van der Waals surface area contributed by atoms with Gasteiger partial charge in [0.25, 0.3) is 0 Å². The molecule has 3 fully saturated rings. The van der Waals surface area contributed by atoms with E-state index >= 15 is 0 Å². The number of carbonyl (C=O) groups is 1. The molecular weight excluding hydrogens is 313 g/mol. The van der Waals surface area contributed by atoms with E-state index in [1.54, 1.807) is 0 Å². The third-order valence-corrected chi connectivity index (χ3v) is 4.93. The second-order valence-electron chi connectivity index (χ2n) is 6.21. The highest BCUT2D eigenvalue weighted by molar-refractivity contribution is 5.86. The van der Waals surface area contributed by atoms with Gasteiger partial charge in [0, 0.05) is 32.2 Å². The molecule has 2 N–H and O–H groups in total. The normalized spacial score (nSPS) is 28.8. The first kappa shape index (κ1) is 19.0. The van der Waals surface area contributed by atoms with Crippen molar-refractivity contribution in [3.8, 4) is 0 Å². The Morgan fingerprint density at radius 3 is 2.33 bits per heavy atom. The Kier molecular flexibility index (Phi) is 7.20. The van der Waals surface area contributed by atoms with Gasteiger partial charge in [0.15, 0.2) is 0 Å². The summed E-state index contributed by atoms with van der Waals surface area (Å²) in [5.74, 6) is 0.195. The monoisotopic (exact) mass is 339 g/mol. The fourth-order valence-electron chi connectivity index (χ4n) is 3.70. The highest BCUT2D eigenvalue weighted by atomic mass is 35.5. The molecule has 2 aliphatic heterocycles. The molecule has 0 aromatic carbocycles. The average Bonchev–Trinajstić information content (AvgIpc) is 3.09. The minimum atomic E-state index is -0.556. The molecule has 0 bridgehead atoms. The van der Waals surface area contributed by atoms with Crippen molar-refractivity contribution in [3.63, 3.8) is 0 Å². The molecule has 0 aromatic heterocycles. The van der Waals surface area contributed by atoms with Crippen LogP contribution in [0.2, 0.25) is 0 Å². The van der Waals surface area contributed by atoms with Crippen molar-refractivity contribution in [3.05, 3.63) is 0 Å². The Morgan fingerprint density at radius 1 is 1.10 bits per heavy atom. The van der Waals surface area contributed by atoms with Crippen molar-refractivity contribution in [2.75, 3.05) is 39.4 Å². The molecule has 1 aliphatic carbocycles. The molecule has 3 rings (SSSR count). The van der Waals surface area contributed by atoms with Gasteiger partial charge < -0.3 is 15.4 Å². The van der Waals surface area contributed by atoms with E-state index in [1.807, 2.05) is 4.90 Å². The molecule has 0 spiro atoms. The van der Waals surface area contributed by atoms with Crippen LogP contribution in [0.15, 0.2) is 0 Å². The van der Waals surface area contributed by atoms with Crippen LogP contribution in [0.1, 0.15) is 32.1 Å². The smallest absolute Gasteiger partial charge is 0.242 e. The van der Waals surface area contributed by atoms with E-state index in [4.69, 9.17) is 10.5 Å². The van der Waals surface area contributed by atoms with E-state index < -0.39 is 5.54 Å². The van der Waals surface area contributed by atoms with Gasteiger partial charge in [-0.1, -0.05) is 12.8 Å². The zero-order valence-corrected chi connectivity index (χ0v) is 14.1. The number of hydrogen-bond donors (Lipinski definition) is 1. The molecular formula is C14H27Cl2N3O2. The third-order valence-electron chi connectivity index (χ3n) is 4.93. The highest BCUT2D eigenvalue weighted by Gasteiger charge is 2.42. The number of ether oxygens (including phenoxy) is 1. The molecule has 0 aromatic rings. The second-order valence-corrected chi connectivity index (χ2v) is 6.21. The molecule has 3 aliphatic rings. The van der Waals surface area contributed by atoms with Crippen LogP contribution in [0.5, 0.6) is 0 Å². The van der Waals surface area contributed by atoms with Crippen LogP contribution in [-0.2, 0) is 9.53 Å². The minimum Gasteiger partial charge on any atom is -0.379 e. The van der Waals surface area contributed by atoms with Gasteiger partial charge in [-0.2, -0.15) is 0 Å². The first-order valence-electron chi connectivity index (χ1n) is 7.59. The molecule has 1 saturated carbocycles. The second kappa shape index (κ2) is 7.97. The number of hydrogen-bond acceptors (Lipinski definition) is 4. The largest absolute Gasteiger partial charge is 0.379 e. The summed E-state index contributed by atoms with van der Waals surface area (Å²) in [6, 6.07) is 0.512. The van der Waals surface area contributed by atoms with E-state index in [0.717, 1.165) is 71.5 Å². The number of likely N-dealkylation sites (tertiary alicyclic amines) is 1. The van der Waals surface area contributed by atoms with E-state index in [-0.39, 0.29) is 30.7 Å². The van der Waals surface area contributed by atoms with Gasteiger partial charge in [0.2, 0.25) is 5.91 Å². The first-order chi connectivity index (χ1) is 9.19. The Morgan fingerprint density at radius 2 is 1.71 bits per heavy atom. The summed E-state index contributed by atoms with van der Waals surface area (Å²) in [6.07, 6.45) is 5.02. The maximum Gasteiger partial charge on any atom is 0.242 e. The SMILES string of the molecule is Cl.Cl.NC1(C(=O)N2CCC(N3CCOCC3)C2)CCCC1. The van der Waals surface area contributed by atoms with Gasteiger partial charge in [-0.15, -0.1) is 24.8 Å². The molecule has 7 heteroatoms. The lowest BCUT2D eigenvalue weighted by Crippen LogP contribution is -2.54. The Balaban J connectivity index is 0.00000110. The number of rotatable bonds is 2. The molecule has 124 valence electrons. The predicted molar refractivity (Wildman–Crippen MR) is 87.3 cm³/mol. The molecule has 1 unspecified atom stereocenters. The standard InChI is InChI=1S/C14H25N3O2.2ClH/c15-14(4-1-2-5-14)13(18)17-6-3-12(11-17)16-7-9-19-10-8-16;;/h12H,1-11,15H2;2*1H. The summed E-state index contributed by atoms with van der Waals surface area (Å²) in [5, 5.41) is 0. The summed E-state index contributed by atoms with van der Waals surface area (Å²) in [6.45, 7) is 5.38. The molecule has 0 radical (unpaired) electrons. The van der Waals surface area contributed by atoms with Crippen molar-refractivity contribution < 1.29 is 9.53 Å². The summed E-state index contributed by atoms with van der Waals surface area (Å²) in [5.41, 5.74) is 5.73. The summed E-state index contributed by atoms with van der Waals surface area (Å²) in [4.78, 5) is 17.0. The van der Waals surface area contributed by atoms with Gasteiger partial charge in [-0.3, -0.25) is 9.69 Å². The lowest BCUT2D eigenvalue weighted by atomic mass is 9.97. The maximum atomic E-state index is 12.6. The van der Waals surface area contributed by atoms with Gasteiger partial charge in [-0.25, -0.2) is 0 Å². The lowest BCUT2D eigenvalue weighted by Gasteiger charge is -2.33. The zero-order valence-electron chi connectivity index (χ0n) is 12.5. The van der Waals surface area contributed by atoms with E-state index in [2.05, 4.69) is 4.90 Å². The van der Waals surface area contributed by atoms with E-state index in [9.17, 15) is 4.79 Å². The first-order valence-corrected chi connectivity index (χ1v) is 7.59. The fourth-order valence-corrected chi connectivity index (χ4v) is 3.70. The van der Waals surface area contributed by atoms with E-state index in [0.29, 0.717) is 6.04 Å². The number of carbonyl (C=O) groups excluding carboxylic acids is 1. The number of halogens is 2. The van der Waals surface area contributed by atoms with Crippen LogP contribution in [0.3, 0.4) is 0 Å². The molecule has 21 heavy (non-hydrogen) atoms. The maximum absolute atomic E-state index is 12.6. The van der Waals surface area contributed by atoms with Crippen LogP contribution in [0.25, 0.3) is 0 Å². The van der Waals surface area contributed by atoms with Crippen LogP contribution in [0.4, 0.5) is 0 Å². The zero-order chi connectivity index (χ0) is 13.3. The summed E-state index contributed by atoms with van der Waals surface area (Å²) < 4.78 is 5.39. The average molecular weight is 340 g/mol. The van der Waals surface area contributed by atoms with Crippen LogP contribution >= 0.6 is 24.8 Å². The van der Waals surface area contributed by atoms with Crippen molar-refractivity contribution in [2.45, 2.75) is 43.7 Å². The summed E-state index contributed by atoms with van der Waals surface area (Å²) >= 11 is 0. The quantitative estimate of drug-likeness (QED) is 0.816. The van der Waals surface area contributed by atoms with Crippen molar-refractivity contribution in [1.82, 2.24) is 9.80 Å². The molecule has 1 amide bonds. The van der Waals surface area contributed by atoms with E-state index in [1.165, 1.54) is 0 Å². The third kappa shape index (κ3) is 4.02. The molecule has 5 nitrogen and oxygen atoms in total. The Bertz CT molecular complexity index is 345. The fraction of sp³-hybridized carbons (Fsp3) is 0.929. The highest BCUT2D eigenvalue weighted by Crippen LogP contribution is 2.30. The van der Waals surface area contributed by atoms with Crippen molar-refractivity contribution >= 4 is 30.7 Å². The molecule has 2 heterocycles. The van der Waals surface area contributed by atoms with Crippen molar-refractivity contribution in [2.24, 2.45) is 5.73 Å². The topological polar surface area (TPSA) is 58.8 Å². The van der Waals surface area contributed by atoms with Gasteiger partial charge in [-0.05, 0) is 19.3 Å². The van der Waals surface area contributed by atoms with Crippen LogP contribution < -0.4 is 5.73 Å². The van der Waals surface area contributed by atoms with Gasteiger partial charge in [0.05, 0.1) is 18.8 Å². The number of nitrogens with zero attached hydrogens (tertiary/aromatic N) is 2. The predicted octanol–water partition coefficient (Wildman–Crippen LogP) is 1.03. The Hall–Kier alpha value is -0.0700. The minimum absolute atomic E-state index is 0. The van der Waals surface area contributed by atoms with Gasteiger partial charge in [0.1, 0.15) is 0 Å². The van der Waals surface area contributed by atoms with Crippen LogP contribution in [-0.4, -0.2) is 66.7 Å². The lowest BCUT2D eigenvalue weighted by molar-refractivity contribution is -0.136. The van der Waals surface area contributed by atoms with Crippen LogP contribution in [0, 0.1) is 0 Å². The molecule has 1 atom stereocenters. The van der Waals surface area contributed by atoms with Crippen molar-refractivity contribution in [1.29, 1.82) is 0 Å². The Labute approximate surface area is 139 Å². The van der Waals surface area contributed by atoms with Gasteiger partial charge >= 0.3 is 0 Å². The number of morpholine rings is 1. The molecule has 2 saturated heterocycles. The number of amides is 1. The number of nitrogens with two attached hydrogens (primary N) is 1. The summed E-state index contributed by atoms with van der Waals surface area (Å²) in [7, 11) is 0.